The van der Waals surface area contributed by atoms with Crippen LogP contribution >= 0.6 is 22.9 Å². The van der Waals surface area contributed by atoms with Gasteiger partial charge in [-0.3, -0.25) is 9.59 Å². The first-order valence-electron chi connectivity index (χ1n) is 6.22. The van der Waals surface area contributed by atoms with E-state index in [4.69, 9.17) is 11.6 Å². The van der Waals surface area contributed by atoms with Crippen molar-refractivity contribution in [3.05, 3.63) is 16.1 Å². The third-order valence-electron chi connectivity index (χ3n) is 2.74. The van der Waals surface area contributed by atoms with Gasteiger partial charge in [-0.2, -0.15) is 0 Å². The number of aromatic nitrogens is 1. The van der Waals surface area contributed by atoms with Crippen molar-refractivity contribution in [2.24, 2.45) is 5.92 Å². The zero-order chi connectivity index (χ0) is 13.7. The van der Waals surface area contributed by atoms with Gasteiger partial charge in [0.1, 0.15) is 5.01 Å². The molecule has 0 unspecified atom stereocenters. The first kappa shape index (κ1) is 14.3. The van der Waals surface area contributed by atoms with E-state index in [0.29, 0.717) is 19.0 Å². The van der Waals surface area contributed by atoms with Crippen molar-refractivity contribution in [3.8, 4) is 0 Å². The predicted octanol–water partition coefficient (Wildman–Crippen LogP) is 1.07. The summed E-state index contributed by atoms with van der Waals surface area (Å²) in [6, 6.07) is 0. The maximum Gasteiger partial charge on any atom is 0.226 e. The lowest BCUT2D eigenvalue weighted by Gasteiger charge is -2.05. The molecular formula is C12H16ClN3O2S. The Morgan fingerprint density at radius 3 is 2.74 bits per heavy atom. The highest BCUT2D eigenvalue weighted by Crippen LogP contribution is 2.28. The Balaban J connectivity index is 1.60. The molecule has 0 saturated heterocycles. The molecule has 0 bridgehead atoms. The van der Waals surface area contributed by atoms with Crippen molar-refractivity contribution in [2.45, 2.75) is 25.1 Å². The van der Waals surface area contributed by atoms with Crippen LogP contribution in [0.5, 0.6) is 0 Å². The quantitative estimate of drug-likeness (QED) is 0.584. The second kappa shape index (κ2) is 6.86. The number of hydrogen-bond donors (Lipinski definition) is 2. The van der Waals surface area contributed by atoms with Gasteiger partial charge in [0.15, 0.2) is 0 Å². The van der Waals surface area contributed by atoms with E-state index in [0.717, 1.165) is 23.5 Å². The number of carbonyl (C=O) groups excluding carboxylic acids is 2. The molecule has 2 N–H and O–H groups in total. The summed E-state index contributed by atoms with van der Waals surface area (Å²) in [5.74, 6) is 0.586. The molecule has 7 heteroatoms. The molecule has 1 aliphatic carbocycles. The van der Waals surface area contributed by atoms with Crippen molar-refractivity contribution in [2.75, 3.05) is 13.1 Å². The van der Waals surface area contributed by atoms with Gasteiger partial charge in [0.25, 0.3) is 0 Å². The van der Waals surface area contributed by atoms with Crippen molar-refractivity contribution in [1.82, 2.24) is 15.6 Å². The molecule has 0 aliphatic heterocycles. The molecule has 1 fully saturated rings. The number of nitrogens with one attached hydrogen (secondary N) is 2. The zero-order valence-corrected chi connectivity index (χ0v) is 12.0. The number of thiazole rings is 1. The average Bonchev–Trinajstić information content (AvgIpc) is 3.15. The fourth-order valence-corrected chi connectivity index (χ4v) is 2.59. The third-order valence-corrected chi connectivity index (χ3v) is 3.91. The minimum atomic E-state index is -0.0869. The van der Waals surface area contributed by atoms with Crippen LogP contribution in [0.3, 0.4) is 0 Å². The Hall–Kier alpha value is -1.14. The summed E-state index contributed by atoms with van der Waals surface area (Å²) in [4.78, 5) is 27.2. The first-order chi connectivity index (χ1) is 9.19. The largest absolute Gasteiger partial charge is 0.354 e. The van der Waals surface area contributed by atoms with Crippen LogP contribution in [0.1, 0.15) is 23.5 Å². The number of amides is 2. The zero-order valence-electron chi connectivity index (χ0n) is 10.4. The molecular weight excluding hydrogens is 286 g/mol. The minimum Gasteiger partial charge on any atom is -0.354 e. The van der Waals surface area contributed by atoms with Gasteiger partial charge < -0.3 is 10.6 Å². The van der Waals surface area contributed by atoms with Crippen molar-refractivity contribution < 1.29 is 9.59 Å². The van der Waals surface area contributed by atoms with Crippen molar-refractivity contribution >= 4 is 34.8 Å². The molecule has 0 aromatic carbocycles. The number of halogens is 1. The van der Waals surface area contributed by atoms with Gasteiger partial charge in [0.05, 0.1) is 18.0 Å². The van der Waals surface area contributed by atoms with E-state index in [2.05, 4.69) is 15.6 Å². The second-order valence-corrected chi connectivity index (χ2v) is 5.67. The normalized spacial score (nSPS) is 14.2. The maximum atomic E-state index is 11.6. The Morgan fingerprint density at radius 1 is 1.37 bits per heavy atom. The fraction of sp³-hybridized carbons (Fsp3) is 0.583. The van der Waals surface area contributed by atoms with Crippen molar-refractivity contribution in [1.29, 1.82) is 0 Å². The molecule has 2 amide bonds. The SMILES string of the molecule is O=C(Cc1nc(CCl)cs1)NCCNC(=O)C1CC1. The minimum absolute atomic E-state index is 0.0869. The molecule has 0 atom stereocenters. The summed E-state index contributed by atoms with van der Waals surface area (Å²) < 4.78 is 0. The number of carbonyl (C=O) groups is 2. The lowest BCUT2D eigenvalue weighted by molar-refractivity contribution is -0.123. The number of rotatable bonds is 7. The van der Waals surface area contributed by atoms with Crippen LogP contribution in [0, 0.1) is 5.92 Å². The maximum absolute atomic E-state index is 11.6. The lowest BCUT2D eigenvalue weighted by atomic mass is 10.4. The van der Waals surface area contributed by atoms with E-state index >= 15 is 0 Å². The lowest BCUT2D eigenvalue weighted by Crippen LogP contribution is -2.35. The van der Waals surface area contributed by atoms with Gasteiger partial charge in [-0.1, -0.05) is 0 Å². The number of alkyl halides is 1. The van der Waals surface area contributed by atoms with E-state index in [1.807, 2.05) is 5.38 Å². The van der Waals surface area contributed by atoms with Crippen LogP contribution in [0.15, 0.2) is 5.38 Å². The van der Waals surface area contributed by atoms with Gasteiger partial charge in [-0.25, -0.2) is 4.98 Å². The summed E-state index contributed by atoms with van der Waals surface area (Å²) in [6.45, 7) is 0.927. The van der Waals surface area contributed by atoms with E-state index in [-0.39, 0.29) is 24.2 Å². The Bertz CT molecular complexity index is 460. The highest BCUT2D eigenvalue weighted by molar-refractivity contribution is 7.09. The predicted molar refractivity (Wildman–Crippen MR) is 74.1 cm³/mol. The van der Waals surface area contributed by atoms with Crippen LogP contribution in [-0.4, -0.2) is 29.9 Å². The second-order valence-electron chi connectivity index (χ2n) is 4.46. The number of hydrogen-bond acceptors (Lipinski definition) is 4. The molecule has 1 heterocycles. The molecule has 0 spiro atoms. The third kappa shape index (κ3) is 4.80. The Morgan fingerprint density at radius 2 is 2.11 bits per heavy atom. The van der Waals surface area contributed by atoms with Gasteiger partial charge in [-0.05, 0) is 12.8 Å². The molecule has 1 saturated carbocycles. The first-order valence-corrected chi connectivity index (χ1v) is 7.64. The summed E-state index contributed by atoms with van der Waals surface area (Å²) in [6.07, 6.45) is 2.24. The smallest absolute Gasteiger partial charge is 0.226 e. The molecule has 5 nitrogen and oxygen atoms in total. The number of nitrogens with zero attached hydrogens (tertiary/aromatic N) is 1. The fourth-order valence-electron chi connectivity index (χ4n) is 1.57. The van der Waals surface area contributed by atoms with Crippen LogP contribution < -0.4 is 10.6 Å². The summed E-state index contributed by atoms with van der Waals surface area (Å²) in [5.41, 5.74) is 0.797. The summed E-state index contributed by atoms with van der Waals surface area (Å²) in [5, 5.41) is 8.16. The molecule has 1 aromatic rings. The topological polar surface area (TPSA) is 71.1 Å². The molecule has 1 aliphatic rings. The van der Waals surface area contributed by atoms with Crippen LogP contribution in [-0.2, 0) is 21.9 Å². The Labute approximate surface area is 120 Å². The van der Waals surface area contributed by atoms with Gasteiger partial charge in [-0.15, -0.1) is 22.9 Å². The molecule has 2 rings (SSSR count). The van der Waals surface area contributed by atoms with E-state index in [1.165, 1.54) is 11.3 Å². The molecule has 1 aromatic heterocycles. The van der Waals surface area contributed by atoms with Gasteiger partial charge in [0.2, 0.25) is 11.8 Å². The summed E-state index contributed by atoms with van der Waals surface area (Å²) >= 11 is 7.08. The highest BCUT2D eigenvalue weighted by atomic mass is 35.5. The standard InChI is InChI=1S/C12H16ClN3O2S/c13-6-9-7-19-11(16-9)5-10(17)14-3-4-15-12(18)8-1-2-8/h7-8H,1-6H2,(H,14,17)(H,15,18). The monoisotopic (exact) mass is 301 g/mol. The van der Waals surface area contributed by atoms with E-state index < -0.39 is 0 Å². The molecule has 104 valence electrons. The van der Waals surface area contributed by atoms with Gasteiger partial charge >= 0.3 is 0 Å². The van der Waals surface area contributed by atoms with E-state index in [1.54, 1.807) is 0 Å². The van der Waals surface area contributed by atoms with Crippen LogP contribution in [0.4, 0.5) is 0 Å². The highest BCUT2D eigenvalue weighted by Gasteiger charge is 2.28. The average molecular weight is 302 g/mol. The van der Waals surface area contributed by atoms with Crippen LogP contribution in [0.25, 0.3) is 0 Å². The van der Waals surface area contributed by atoms with Crippen LogP contribution in [0.2, 0.25) is 0 Å². The molecule has 19 heavy (non-hydrogen) atoms. The van der Waals surface area contributed by atoms with Gasteiger partial charge in [0, 0.05) is 24.4 Å². The van der Waals surface area contributed by atoms with Crippen molar-refractivity contribution in [3.63, 3.8) is 0 Å². The molecule has 0 radical (unpaired) electrons. The summed E-state index contributed by atoms with van der Waals surface area (Å²) in [7, 11) is 0. The van der Waals surface area contributed by atoms with E-state index in [9.17, 15) is 9.59 Å². The Kier molecular flexibility index (Phi) is 5.15.